The average molecular weight is 592 g/mol. The predicted octanol–water partition coefficient (Wildman–Crippen LogP) is 5.58. The minimum absolute atomic E-state index is 0.269. The number of rotatable bonds is 11. The zero-order valence-corrected chi connectivity index (χ0v) is 21.8. The van der Waals surface area contributed by atoms with Gasteiger partial charge in [-0.1, -0.05) is 12.1 Å². The van der Waals surface area contributed by atoms with Crippen LogP contribution in [0.3, 0.4) is 0 Å². The number of hydrazone groups is 1. The molecule has 0 aliphatic rings. The van der Waals surface area contributed by atoms with Gasteiger partial charge in [0.1, 0.15) is 12.4 Å². The molecular weight excluding hydrogens is 566 g/mol. The lowest BCUT2D eigenvalue weighted by atomic mass is 10.2. The maximum absolute atomic E-state index is 13.1. The van der Waals surface area contributed by atoms with Gasteiger partial charge in [0, 0.05) is 5.56 Å². The van der Waals surface area contributed by atoms with Gasteiger partial charge in [-0.2, -0.15) is 5.10 Å². The van der Waals surface area contributed by atoms with Crippen molar-refractivity contribution >= 4 is 34.7 Å². The molecule has 0 aromatic heterocycles. The zero-order valence-electron chi connectivity index (χ0n) is 19.6. The van der Waals surface area contributed by atoms with E-state index in [0.717, 1.165) is 14.7 Å². The average Bonchev–Trinajstić information content (AvgIpc) is 2.85. The standard InChI is InChI=1S/C26H26FIN2O5/c1-4-33-22-11-8-19(14-23(22)32-3)26(31)30-29-15-18-12-21(28)25(24(13-18)34-5-2)35-16-17-6-9-20(27)10-7-17/h6-15H,4-5,16H2,1-3H3,(H,30,31)/b29-15+. The van der Waals surface area contributed by atoms with Gasteiger partial charge in [0.15, 0.2) is 23.0 Å². The number of carbonyl (C=O) groups excluding carboxylic acids is 1. The van der Waals surface area contributed by atoms with Crippen molar-refractivity contribution in [1.82, 2.24) is 5.43 Å². The van der Waals surface area contributed by atoms with E-state index in [1.807, 2.05) is 19.9 Å². The van der Waals surface area contributed by atoms with Crippen molar-refractivity contribution in [3.8, 4) is 23.0 Å². The van der Waals surface area contributed by atoms with Crippen LogP contribution in [-0.4, -0.2) is 32.4 Å². The Bertz CT molecular complexity index is 1190. The molecule has 1 amide bonds. The Hall–Kier alpha value is -3.34. The van der Waals surface area contributed by atoms with Gasteiger partial charge < -0.3 is 18.9 Å². The van der Waals surface area contributed by atoms with Crippen molar-refractivity contribution in [2.45, 2.75) is 20.5 Å². The largest absolute Gasteiger partial charge is 0.493 e. The van der Waals surface area contributed by atoms with Crippen molar-refractivity contribution in [2.24, 2.45) is 5.10 Å². The van der Waals surface area contributed by atoms with Crippen LogP contribution in [-0.2, 0) is 6.61 Å². The van der Waals surface area contributed by atoms with Crippen LogP contribution < -0.4 is 24.4 Å². The fourth-order valence-corrected chi connectivity index (χ4v) is 3.90. The van der Waals surface area contributed by atoms with E-state index in [1.165, 1.54) is 25.5 Å². The predicted molar refractivity (Wildman–Crippen MR) is 140 cm³/mol. The summed E-state index contributed by atoms with van der Waals surface area (Å²) in [6.07, 6.45) is 1.53. The topological polar surface area (TPSA) is 78.4 Å². The molecule has 0 heterocycles. The van der Waals surface area contributed by atoms with Crippen molar-refractivity contribution in [3.05, 3.63) is 80.7 Å². The number of amides is 1. The SMILES string of the molecule is CCOc1ccc(C(=O)N/N=C/c2cc(I)c(OCc3ccc(F)cc3)c(OCC)c2)cc1OC. The van der Waals surface area contributed by atoms with Crippen LogP contribution in [0, 0.1) is 9.39 Å². The Morgan fingerprint density at radius 2 is 1.69 bits per heavy atom. The smallest absolute Gasteiger partial charge is 0.271 e. The van der Waals surface area contributed by atoms with Gasteiger partial charge in [-0.3, -0.25) is 4.79 Å². The molecule has 0 atom stereocenters. The third kappa shape index (κ3) is 7.32. The summed E-state index contributed by atoms with van der Waals surface area (Å²) in [6, 6.07) is 14.7. The number of hydrogen-bond donors (Lipinski definition) is 1. The summed E-state index contributed by atoms with van der Waals surface area (Å²) in [7, 11) is 1.52. The Morgan fingerprint density at radius 3 is 2.37 bits per heavy atom. The number of benzene rings is 3. The van der Waals surface area contributed by atoms with E-state index in [4.69, 9.17) is 18.9 Å². The van der Waals surface area contributed by atoms with Crippen LogP contribution >= 0.6 is 22.6 Å². The second-order valence-corrected chi connectivity index (χ2v) is 8.34. The highest BCUT2D eigenvalue weighted by Gasteiger charge is 2.13. The maximum Gasteiger partial charge on any atom is 0.271 e. The minimum atomic E-state index is -0.387. The van der Waals surface area contributed by atoms with E-state index in [2.05, 4.69) is 33.1 Å². The molecule has 3 aromatic carbocycles. The number of nitrogens with zero attached hydrogens (tertiary/aromatic N) is 1. The van der Waals surface area contributed by atoms with E-state index in [-0.39, 0.29) is 18.3 Å². The molecule has 0 saturated heterocycles. The van der Waals surface area contributed by atoms with Crippen LogP contribution in [0.4, 0.5) is 4.39 Å². The first-order chi connectivity index (χ1) is 16.9. The number of ether oxygens (including phenoxy) is 4. The van der Waals surface area contributed by atoms with Crippen LogP contribution in [0.15, 0.2) is 59.7 Å². The molecule has 0 saturated carbocycles. The summed E-state index contributed by atoms with van der Waals surface area (Å²) in [4.78, 5) is 12.5. The number of carbonyl (C=O) groups is 1. The van der Waals surface area contributed by atoms with E-state index in [9.17, 15) is 9.18 Å². The Balaban J connectivity index is 1.70. The molecule has 184 valence electrons. The first-order valence-corrected chi connectivity index (χ1v) is 12.0. The third-order valence-electron chi connectivity index (χ3n) is 4.73. The lowest BCUT2D eigenvalue weighted by molar-refractivity contribution is 0.0954. The Kier molecular flexibility index (Phi) is 9.71. The zero-order chi connectivity index (χ0) is 25.2. The molecule has 3 rings (SSSR count). The highest BCUT2D eigenvalue weighted by molar-refractivity contribution is 14.1. The number of nitrogens with one attached hydrogen (secondary N) is 1. The molecule has 0 bridgehead atoms. The normalized spacial score (nSPS) is 10.8. The van der Waals surface area contributed by atoms with E-state index >= 15 is 0 Å². The van der Waals surface area contributed by atoms with E-state index < -0.39 is 0 Å². The molecule has 0 spiro atoms. The molecule has 0 aliphatic carbocycles. The third-order valence-corrected chi connectivity index (χ3v) is 5.53. The lowest BCUT2D eigenvalue weighted by Gasteiger charge is -2.15. The molecular formula is C26H26FIN2O5. The van der Waals surface area contributed by atoms with Gasteiger partial charge >= 0.3 is 0 Å². The van der Waals surface area contributed by atoms with Crippen molar-refractivity contribution in [3.63, 3.8) is 0 Å². The molecule has 0 unspecified atom stereocenters. The highest BCUT2D eigenvalue weighted by atomic mass is 127. The Labute approximate surface area is 217 Å². The molecule has 1 N–H and O–H groups in total. The van der Waals surface area contributed by atoms with Gasteiger partial charge in [0.05, 0.1) is 30.1 Å². The summed E-state index contributed by atoms with van der Waals surface area (Å²) in [5.74, 6) is 1.48. The van der Waals surface area contributed by atoms with Gasteiger partial charge in [0.2, 0.25) is 0 Å². The second-order valence-electron chi connectivity index (χ2n) is 7.18. The monoisotopic (exact) mass is 592 g/mol. The summed E-state index contributed by atoms with van der Waals surface area (Å²) in [6.45, 7) is 4.95. The highest BCUT2D eigenvalue weighted by Crippen LogP contribution is 2.34. The van der Waals surface area contributed by atoms with Crippen molar-refractivity contribution < 1.29 is 28.1 Å². The minimum Gasteiger partial charge on any atom is -0.493 e. The number of hydrogen-bond acceptors (Lipinski definition) is 6. The number of methoxy groups -OCH3 is 1. The van der Waals surface area contributed by atoms with Crippen molar-refractivity contribution in [1.29, 1.82) is 0 Å². The fourth-order valence-electron chi connectivity index (χ4n) is 3.12. The molecule has 35 heavy (non-hydrogen) atoms. The lowest BCUT2D eigenvalue weighted by Crippen LogP contribution is -2.17. The summed E-state index contributed by atoms with van der Waals surface area (Å²) in [5, 5.41) is 4.07. The van der Waals surface area contributed by atoms with E-state index in [0.29, 0.717) is 41.8 Å². The second kappa shape index (κ2) is 12.9. The van der Waals surface area contributed by atoms with Gasteiger partial charge in [-0.15, -0.1) is 0 Å². The van der Waals surface area contributed by atoms with E-state index in [1.54, 1.807) is 36.4 Å². The molecule has 0 fully saturated rings. The van der Waals surface area contributed by atoms with Crippen LogP contribution in [0.1, 0.15) is 35.3 Å². The summed E-state index contributed by atoms with van der Waals surface area (Å²) in [5.41, 5.74) is 4.46. The van der Waals surface area contributed by atoms with Gasteiger partial charge in [-0.25, -0.2) is 9.82 Å². The molecule has 0 aliphatic heterocycles. The molecule has 7 nitrogen and oxygen atoms in total. The molecule has 3 aromatic rings. The fraction of sp³-hybridized carbons (Fsp3) is 0.231. The summed E-state index contributed by atoms with van der Waals surface area (Å²) < 4.78 is 36.4. The van der Waals surface area contributed by atoms with Crippen molar-refractivity contribution in [2.75, 3.05) is 20.3 Å². The molecule has 0 radical (unpaired) electrons. The van der Waals surface area contributed by atoms with Gasteiger partial charge in [-0.05, 0) is 90.0 Å². The first-order valence-electron chi connectivity index (χ1n) is 10.9. The quantitative estimate of drug-likeness (QED) is 0.179. The first kappa shape index (κ1) is 26.3. The van der Waals surface area contributed by atoms with Crippen LogP contribution in [0.5, 0.6) is 23.0 Å². The van der Waals surface area contributed by atoms with Gasteiger partial charge in [0.25, 0.3) is 5.91 Å². The number of halogens is 2. The van der Waals surface area contributed by atoms with Crippen LogP contribution in [0.2, 0.25) is 0 Å². The molecule has 9 heteroatoms. The van der Waals surface area contributed by atoms with Crippen LogP contribution in [0.25, 0.3) is 0 Å². The Morgan fingerprint density at radius 1 is 0.971 bits per heavy atom. The summed E-state index contributed by atoms with van der Waals surface area (Å²) >= 11 is 2.15. The maximum atomic E-state index is 13.1.